The molecule has 30 heavy (non-hydrogen) atoms. The maximum absolute atomic E-state index is 13.9. The van der Waals surface area contributed by atoms with Gasteiger partial charge in [0.2, 0.25) is 11.7 Å². The maximum Gasteiger partial charge on any atom is 0.244 e. The van der Waals surface area contributed by atoms with E-state index in [0.717, 1.165) is 5.56 Å². The van der Waals surface area contributed by atoms with Crippen LogP contribution in [0.25, 0.3) is 11.4 Å². The van der Waals surface area contributed by atoms with Crippen LogP contribution in [0, 0.1) is 12.7 Å². The topological polar surface area (TPSA) is 96.5 Å². The fourth-order valence-electron chi connectivity index (χ4n) is 3.61. The third kappa shape index (κ3) is 4.28. The average Bonchev–Trinajstić information content (AvgIpc) is 3.30. The number of aryl methyl sites for hydroxylation is 1. The second-order valence-corrected chi connectivity index (χ2v) is 9.69. The first kappa shape index (κ1) is 20.6. The summed E-state index contributed by atoms with van der Waals surface area (Å²) in [6.45, 7) is 2.60. The Balaban J connectivity index is 1.54. The molecule has 1 N–H and O–H groups in total. The highest BCUT2D eigenvalue weighted by atomic mass is 32.2. The van der Waals surface area contributed by atoms with E-state index < -0.39 is 15.9 Å². The number of hydrogen-bond donors (Lipinski definition) is 1. The van der Waals surface area contributed by atoms with Crippen LogP contribution in [0.4, 0.5) is 4.39 Å². The number of benzene rings is 2. The Kier molecular flexibility index (Phi) is 5.44. The zero-order valence-corrected chi connectivity index (χ0v) is 17.4. The van der Waals surface area contributed by atoms with Crippen molar-refractivity contribution in [2.45, 2.75) is 36.9 Å². The van der Waals surface area contributed by atoms with E-state index in [-0.39, 0.29) is 16.8 Å². The maximum atomic E-state index is 13.9. The van der Waals surface area contributed by atoms with E-state index in [2.05, 4.69) is 10.1 Å². The first-order chi connectivity index (χ1) is 14.2. The van der Waals surface area contributed by atoms with E-state index in [0.29, 0.717) is 42.4 Å². The van der Waals surface area contributed by atoms with Crippen molar-refractivity contribution in [3.8, 4) is 11.4 Å². The van der Waals surface area contributed by atoms with Gasteiger partial charge in [-0.2, -0.15) is 4.98 Å². The van der Waals surface area contributed by atoms with Gasteiger partial charge in [0.25, 0.3) is 0 Å². The minimum atomic E-state index is -3.25. The van der Waals surface area contributed by atoms with Crippen molar-refractivity contribution in [3.05, 3.63) is 65.3 Å². The fourth-order valence-corrected chi connectivity index (χ4v) is 4.24. The van der Waals surface area contributed by atoms with E-state index in [9.17, 15) is 17.9 Å². The van der Waals surface area contributed by atoms with Crippen molar-refractivity contribution in [1.29, 1.82) is 0 Å². The molecule has 7 nitrogen and oxygen atoms in total. The molecule has 0 unspecified atom stereocenters. The van der Waals surface area contributed by atoms with E-state index in [4.69, 9.17) is 4.52 Å². The quantitative estimate of drug-likeness (QED) is 0.663. The lowest BCUT2D eigenvalue weighted by atomic mass is 10.1. The van der Waals surface area contributed by atoms with Crippen LogP contribution in [0.15, 0.2) is 51.9 Å². The molecule has 2 atom stereocenters. The summed E-state index contributed by atoms with van der Waals surface area (Å²) in [5.74, 6) is 0.312. The summed E-state index contributed by atoms with van der Waals surface area (Å²) in [6.07, 6.45) is 1.06. The first-order valence-corrected chi connectivity index (χ1v) is 11.4. The molecular formula is C21H22FN3O4S. The lowest BCUT2D eigenvalue weighted by Crippen LogP contribution is -2.24. The number of β-amino-alcohol motifs (C(OH)–C–C–N with tert-alkyl or cyclic N) is 1. The summed E-state index contributed by atoms with van der Waals surface area (Å²) in [7, 11) is -3.25. The predicted octanol–water partition coefficient (Wildman–Crippen LogP) is 2.90. The summed E-state index contributed by atoms with van der Waals surface area (Å²) >= 11 is 0. The summed E-state index contributed by atoms with van der Waals surface area (Å²) < 4.78 is 42.6. The molecule has 1 aliphatic rings. The molecule has 0 aliphatic carbocycles. The molecule has 9 heteroatoms. The molecule has 0 saturated carbocycles. The Labute approximate surface area is 174 Å². The van der Waals surface area contributed by atoms with Gasteiger partial charge in [0.05, 0.1) is 17.0 Å². The number of rotatable bonds is 5. The first-order valence-electron chi connectivity index (χ1n) is 9.52. The number of aliphatic hydroxyl groups excluding tert-OH is 1. The van der Waals surface area contributed by atoms with E-state index in [1.165, 1.54) is 12.3 Å². The Hall–Kier alpha value is -2.62. The summed E-state index contributed by atoms with van der Waals surface area (Å²) in [4.78, 5) is 6.70. The molecule has 2 heterocycles. The van der Waals surface area contributed by atoms with Crippen molar-refractivity contribution in [2.24, 2.45) is 0 Å². The number of likely N-dealkylation sites (tertiary alicyclic amines) is 1. The Morgan fingerprint density at radius 3 is 2.63 bits per heavy atom. The Bertz CT molecular complexity index is 1160. The van der Waals surface area contributed by atoms with Crippen molar-refractivity contribution >= 4 is 9.84 Å². The van der Waals surface area contributed by atoms with Crippen molar-refractivity contribution < 1.29 is 22.4 Å². The lowest BCUT2D eigenvalue weighted by molar-refractivity contribution is 0.169. The van der Waals surface area contributed by atoms with Crippen LogP contribution in [0.3, 0.4) is 0 Å². The molecule has 1 aromatic heterocycles. The molecular weight excluding hydrogens is 409 g/mol. The molecule has 0 spiro atoms. The predicted molar refractivity (Wildman–Crippen MR) is 108 cm³/mol. The standard InChI is InChI=1S/C21H22FN3O4S/c1-13-3-6-15(9-18(13)22)20-23-21(29-24-20)19-10-16(26)12-25(19)11-14-4-7-17(8-5-14)30(2,27)28/h3-9,16,19,26H,10-12H2,1-2H3/t16-,19+/m1/s1. The van der Waals surface area contributed by atoms with Gasteiger partial charge in [-0.1, -0.05) is 29.4 Å². The number of hydrogen-bond acceptors (Lipinski definition) is 7. The smallest absolute Gasteiger partial charge is 0.244 e. The zero-order valence-electron chi connectivity index (χ0n) is 16.6. The van der Waals surface area contributed by atoms with Crippen LogP contribution in [-0.2, 0) is 16.4 Å². The highest BCUT2D eigenvalue weighted by Gasteiger charge is 2.36. The van der Waals surface area contributed by atoms with E-state index in [1.807, 2.05) is 4.90 Å². The third-order valence-electron chi connectivity index (χ3n) is 5.28. The minimum Gasteiger partial charge on any atom is -0.392 e. The second kappa shape index (κ2) is 7.90. The number of aromatic nitrogens is 2. The largest absolute Gasteiger partial charge is 0.392 e. The number of sulfone groups is 1. The van der Waals surface area contributed by atoms with Crippen molar-refractivity contribution in [2.75, 3.05) is 12.8 Å². The monoisotopic (exact) mass is 431 g/mol. The average molecular weight is 431 g/mol. The molecule has 1 saturated heterocycles. The molecule has 1 aliphatic heterocycles. The summed E-state index contributed by atoms with van der Waals surface area (Å²) in [5.41, 5.74) is 1.96. The normalized spacial score (nSPS) is 20.0. The van der Waals surface area contributed by atoms with Gasteiger partial charge in [0, 0.05) is 24.9 Å². The van der Waals surface area contributed by atoms with Gasteiger partial charge in [0.15, 0.2) is 9.84 Å². The molecule has 4 rings (SSSR count). The van der Waals surface area contributed by atoms with Crippen LogP contribution in [0.1, 0.15) is 29.5 Å². The van der Waals surface area contributed by atoms with E-state index in [1.54, 1.807) is 43.3 Å². The van der Waals surface area contributed by atoms with Gasteiger partial charge < -0.3 is 9.63 Å². The molecule has 2 aromatic carbocycles. The van der Waals surface area contributed by atoms with Crippen molar-refractivity contribution in [3.63, 3.8) is 0 Å². The molecule has 0 radical (unpaired) electrons. The zero-order chi connectivity index (χ0) is 21.5. The van der Waals surface area contributed by atoms with Gasteiger partial charge in [0.1, 0.15) is 5.82 Å². The van der Waals surface area contributed by atoms with E-state index >= 15 is 0 Å². The van der Waals surface area contributed by atoms with Crippen LogP contribution in [0.2, 0.25) is 0 Å². The van der Waals surface area contributed by atoms with Crippen molar-refractivity contribution in [1.82, 2.24) is 15.0 Å². The molecule has 0 amide bonds. The van der Waals surface area contributed by atoms with Crippen LogP contribution < -0.4 is 0 Å². The summed E-state index contributed by atoms with van der Waals surface area (Å²) in [5, 5.41) is 14.2. The highest BCUT2D eigenvalue weighted by Crippen LogP contribution is 2.33. The molecule has 3 aromatic rings. The molecule has 1 fully saturated rings. The molecule has 158 valence electrons. The molecule has 0 bridgehead atoms. The minimum absolute atomic E-state index is 0.260. The van der Waals surface area contributed by atoms with Gasteiger partial charge in [-0.3, -0.25) is 4.90 Å². The van der Waals surface area contributed by atoms with Crippen LogP contribution >= 0.6 is 0 Å². The SMILES string of the molecule is Cc1ccc(-c2noc([C@@H]3C[C@@H](O)CN3Cc3ccc(S(C)(=O)=O)cc3)n2)cc1F. The fraction of sp³-hybridized carbons (Fsp3) is 0.333. The third-order valence-corrected chi connectivity index (χ3v) is 6.40. The van der Waals surface area contributed by atoms with Gasteiger partial charge in [-0.05, 0) is 42.7 Å². The Morgan fingerprint density at radius 1 is 1.23 bits per heavy atom. The Morgan fingerprint density at radius 2 is 1.97 bits per heavy atom. The number of nitrogens with zero attached hydrogens (tertiary/aromatic N) is 3. The van der Waals surface area contributed by atoms with Gasteiger partial charge in [-0.15, -0.1) is 0 Å². The van der Waals surface area contributed by atoms with Gasteiger partial charge in [-0.25, -0.2) is 12.8 Å². The van der Waals surface area contributed by atoms with Gasteiger partial charge >= 0.3 is 0 Å². The number of halogens is 1. The number of aliphatic hydroxyl groups is 1. The highest BCUT2D eigenvalue weighted by molar-refractivity contribution is 7.90. The van der Waals surface area contributed by atoms with Crippen LogP contribution in [0.5, 0.6) is 0 Å². The second-order valence-electron chi connectivity index (χ2n) is 7.67. The summed E-state index contributed by atoms with van der Waals surface area (Å²) in [6, 6.07) is 11.1. The lowest BCUT2D eigenvalue weighted by Gasteiger charge is -2.21. The van der Waals surface area contributed by atoms with Crippen LogP contribution in [-0.4, -0.2) is 47.5 Å².